The first kappa shape index (κ1) is 16.5. The number of hydrogen-bond acceptors (Lipinski definition) is 0. The summed E-state index contributed by atoms with van der Waals surface area (Å²) < 4.78 is 28.2. The van der Waals surface area contributed by atoms with Crippen molar-refractivity contribution in [3.8, 4) is 0 Å². The van der Waals surface area contributed by atoms with Gasteiger partial charge in [0, 0.05) is 17.2 Å². The molecule has 0 aromatic heterocycles. The molecule has 0 saturated heterocycles. The molecule has 5 heteroatoms. The van der Waals surface area contributed by atoms with E-state index in [-0.39, 0.29) is 23.2 Å². The van der Waals surface area contributed by atoms with Crippen molar-refractivity contribution in [1.82, 2.24) is 0 Å². The van der Waals surface area contributed by atoms with Crippen LogP contribution in [0, 0.1) is 11.6 Å². The SMILES string of the molecule is Fc1ccccc1C(CCl)(CCl)Cc1cccc(Cl)c1F. The summed E-state index contributed by atoms with van der Waals surface area (Å²) in [4.78, 5) is 0. The van der Waals surface area contributed by atoms with Gasteiger partial charge < -0.3 is 0 Å². The molecule has 0 N–H and O–H groups in total. The molecule has 0 aliphatic carbocycles. The molecular weight excluding hydrogens is 337 g/mol. The van der Waals surface area contributed by atoms with Gasteiger partial charge in [-0.2, -0.15) is 0 Å². The third kappa shape index (κ3) is 3.33. The van der Waals surface area contributed by atoms with E-state index in [0.29, 0.717) is 11.1 Å². The third-order valence-electron chi connectivity index (χ3n) is 3.52. The predicted octanol–water partition coefficient (Wildman–Crippen LogP) is 5.58. The quantitative estimate of drug-likeness (QED) is 0.618. The molecule has 112 valence electrons. The zero-order chi connectivity index (χ0) is 15.5. The van der Waals surface area contributed by atoms with Gasteiger partial charge in [-0.25, -0.2) is 8.78 Å². The third-order valence-corrected chi connectivity index (χ3v) is 4.83. The van der Waals surface area contributed by atoms with E-state index >= 15 is 0 Å². The highest BCUT2D eigenvalue weighted by atomic mass is 35.5. The number of halogens is 5. The van der Waals surface area contributed by atoms with Crippen molar-refractivity contribution in [2.24, 2.45) is 0 Å². The molecule has 21 heavy (non-hydrogen) atoms. The topological polar surface area (TPSA) is 0 Å². The Morgan fingerprint density at radius 2 is 1.57 bits per heavy atom. The molecule has 2 rings (SSSR count). The fourth-order valence-electron chi connectivity index (χ4n) is 2.31. The smallest absolute Gasteiger partial charge is 0.145 e. The summed E-state index contributed by atoms with van der Waals surface area (Å²) in [6, 6.07) is 11.0. The van der Waals surface area contributed by atoms with Crippen molar-refractivity contribution in [2.75, 3.05) is 11.8 Å². The summed E-state index contributed by atoms with van der Waals surface area (Å²) in [7, 11) is 0. The standard InChI is InChI=1S/C16H13Cl3F2/c17-9-16(10-18,12-5-1-2-7-14(12)20)8-11-4-3-6-13(19)15(11)21/h1-7H,8-10H2. The highest BCUT2D eigenvalue weighted by Gasteiger charge is 2.34. The molecule has 0 unspecified atom stereocenters. The normalized spacial score (nSPS) is 11.7. The van der Waals surface area contributed by atoms with Gasteiger partial charge in [0.05, 0.1) is 5.02 Å². The molecule has 2 aromatic rings. The second kappa shape index (κ2) is 6.95. The van der Waals surface area contributed by atoms with Crippen LogP contribution in [0.15, 0.2) is 42.5 Å². The highest BCUT2D eigenvalue weighted by Crippen LogP contribution is 2.34. The Bertz CT molecular complexity index is 625. The molecule has 0 amide bonds. The Morgan fingerprint density at radius 1 is 0.905 bits per heavy atom. The van der Waals surface area contributed by atoms with Crippen molar-refractivity contribution in [2.45, 2.75) is 11.8 Å². The van der Waals surface area contributed by atoms with Gasteiger partial charge in [0.2, 0.25) is 0 Å². The lowest BCUT2D eigenvalue weighted by Crippen LogP contribution is -2.34. The summed E-state index contributed by atoms with van der Waals surface area (Å²) in [5, 5.41) is 0.0269. The largest absolute Gasteiger partial charge is 0.207 e. The van der Waals surface area contributed by atoms with Crippen LogP contribution in [0.5, 0.6) is 0 Å². The lowest BCUT2D eigenvalue weighted by atomic mass is 9.78. The second-order valence-electron chi connectivity index (χ2n) is 4.92. The number of alkyl halides is 2. The van der Waals surface area contributed by atoms with E-state index in [1.54, 1.807) is 30.3 Å². The van der Waals surface area contributed by atoms with Gasteiger partial charge in [0.25, 0.3) is 0 Å². The first-order valence-corrected chi connectivity index (χ1v) is 7.78. The van der Waals surface area contributed by atoms with E-state index < -0.39 is 17.0 Å². The fraction of sp³-hybridized carbons (Fsp3) is 0.250. The summed E-state index contributed by atoms with van der Waals surface area (Å²) in [6.45, 7) is 0. The second-order valence-corrected chi connectivity index (χ2v) is 5.86. The van der Waals surface area contributed by atoms with Crippen LogP contribution in [-0.4, -0.2) is 11.8 Å². The Kier molecular flexibility index (Phi) is 5.48. The summed E-state index contributed by atoms with van der Waals surface area (Å²) in [5.74, 6) is -0.774. The average molecular weight is 350 g/mol. The van der Waals surface area contributed by atoms with Gasteiger partial charge in [0.1, 0.15) is 11.6 Å². The highest BCUT2D eigenvalue weighted by molar-refractivity contribution is 6.30. The van der Waals surface area contributed by atoms with E-state index in [9.17, 15) is 8.78 Å². The van der Waals surface area contributed by atoms with Gasteiger partial charge in [-0.15, -0.1) is 23.2 Å². The van der Waals surface area contributed by atoms with Crippen LogP contribution in [0.4, 0.5) is 8.78 Å². The Balaban J connectivity index is 2.49. The maximum atomic E-state index is 14.1. The zero-order valence-corrected chi connectivity index (χ0v) is 13.3. The molecule has 0 aliphatic heterocycles. The molecule has 0 radical (unpaired) electrons. The van der Waals surface area contributed by atoms with E-state index in [0.717, 1.165) is 0 Å². The lowest BCUT2D eigenvalue weighted by Gasteiger charge is -2.31. The minimum Gasteiger partial charge on any atom is -0.207 e. The van der Waals surface area contributed by atoms with E-state index in [1.807, 2.05) is 0 Å². The van der Waals surface area contributed by atoms with Crippen LogP contribution in [0.3, 0.4) is 0 Å². The van der Waals surface area contributed by atoms with Gasteiger partial charge in [-0.1, -0.05) is 41.9 Å². The molecule has 0 saturated carbocycles. The lowest BCUT2D eigenvalue weighted by molar-refractivity contribution is 0.478. The maximum Gasteiger partial charge on any atom is 0.145 e. The number of rotatable bonds is 5. The molecule has 0 fully saturated rings. The molecule has 0 bridgehead atoms. The zero-order valence-electron chi connectivity index (χ0n) is 11.1. The maximum absolute atomic E-state index is 14.1. The minimum atomic E-state index is -0.889. The number of benzene rings is 2. The van der Waals surface area contributed by atoms with Crippen LogP contribution in [0.25, 0.3) is 0 Å². The molecule has 0 heterocycles. The van der Waals surface area contributed by atoms with E-state index in [2.05, 4.69) is 0 Å². The van der Waals surface area contributed by atoms with Gasteiger partial charge in [0.15, 0.2) is 0 Å². The summed E-state index contributed by atoms with van der Waals surface area (Å²) in [5.41, 5.74) is -0.138. The van der Waals surface area contributed by atoms with Crippen LogP contribution in [0.2, 0.25) is 5.02 Å². The molecule has 2 aromatic carbocycles. The van der Waals surface area contributed by atoms with Gasteiger partial charge in [-0.3, -0.25) is 0 Å². The van der Waals surface area contributed by atoms with Crippen molar-refractivity contribution in [3.63, 3.8) is 0 Å². The summed E-state index contributed by atoms with van der Waals surface area (Å²) >= 11 is 17.9. The Hall–Kier alpha value is -0.830. The molecule has 0 atom stereocenters. The van der Waals surface area contributed by atoms with Crippen molar-refractivity contribution in [1.29, 1.82) is 0 Å². The molecule has 0 spiro atoms. The van der Waals surface area contributed by atoms with E-state index in [4.69, 9.17) is 34.8 Å². The first-order chi connectivity index (χ1) is 10.0. The van der Waals surface area contributed by atoms with Crippen molar-refractivity contribution >= 4 is 34.8 Å². The van der Waals surface area contributed by atoms with Crippen molar-refractivity contribution < 1.29 is 8.78 Å². The minimum absolute atomic E-state index is 0.0269. The predicted molar refractivity (Wildman–Crippen MR) is 84.6 cm³/mol. The molecular formula is C16H13Cl3F2. The van der Waals surface area contributed by atoms with Crippen LogP contribution >= 0.6 is 34.8 Å². The first-order valence-electron chi connectivity index (χ1n) is 6.34. The van der Waals surface area contributed by atoms with Crippen molar-refractivity contribution in [3.05, 3.63) is 70.2 Å². The summed E-state index contributed by atoms with van der Waals surface area (Å²) in [6.07, 6.45) is 0.174. The van der Waals surface area contributed by atoms with Crippen LogP contribution in [-0.2, 0) is 11.8 Å². The fourth-order valence-corrected chi connectivity index (χ4v) is 3.27. The molecule has 0 nitrogen and oxygen atoms in total. The van der Waals surface area contributed by atoms with E-state index in [1.165, 1.54) is 12.1 Å². The van der Waals surface area contributed by atoms with Gasteiger partial charge in [-0.05, 0) is 29.7 Å². The van der Waals surface area contributed by atoms with Crippen LogP contribution in [0.1, 0.15) is 11.1 Å². The number of hydrogen-bond donors (Lipinski definition) is 0. The Labute approximate surface area is 137 Å². The Morgan fingerprint density at radius 3 is 2.19 bits per heavy atom. The monoisotopic (exact) mass is 348 g/mol. The van der Waals surface area contributed by atoms with Gasteiger partial charge >= 0.3 is 0 Å². The van der Waals surface area contributed by atoms with Crippen LogP contribution < -0.4 is 0 Å². The molecule has 0 aliphatic rings. The average Bonchev–Trinajstić information content (AvgIpc) is 2.50.